The van der Waals surface area contributed by atoms with Gasteiger partial charge in [-0.05, 0) is 13.8 Å². The summed E-state index contributed by atoms with van der Waals surface area (Å²) in [6.07, 6.45) is 0.199. The molecule has 0 saturated heterocycles. The molecule has 0 aromatic carbocycles. The van der Waals surface area contributed by atoms with Gasteiger partial charge in [0.1, 0.15) is 0 Å². The first kappa shape index (κ1) is 13.9. The maximum Gasteiger partial charge on any atom is 0.323 e. The molecule has 1 atom stereocenters. The maximum atomic E-state index is 10.8. The van der Waals surface area contributed by atoms with Crippen molar-refractivity contribution in [1.82, 2.24) is 15.0 Å². The van der Waals surface area contributed by atoms with Crippen molar-refractivity contribution in [3.05, 3.63) is 0 Å². The molecule has 0 aliphatic rings. The number of rotatable bonds is 7. The van der Waals surface area contributed by atoms with Crippen LogP contribution in [0, 0.1) is 0 Å². The molecule has 1 unspecified atom stereocenters. The van der Waals surface area contributed by atoms with Gasteiger partial charge in [-0.2, -0.15) is 15.0 Å². The van der Waals surface area contributed by atoms with Crippen molar-refractivity contribution in [3.63, 3.8) is 0 Å². The highest BCUT2D eigenvalue weighted by molar-refractivity contribution is 5.74. The van der Waals surface area contributed by atoms with Crippen LogP contribution in [-0.4, -0.2) is 40.6 Å². The molecule has 0 bridgehead atoms. The van der Waals surface area contributed by atoms with Crippen LogP contribution in [0.3, 0.4) is 0 Å². The molecule has 4 N–H and O–H groups in total. The van der Waals surface area contributed by atoms with E-state index in [2.05, 4.69) is 25.6 Å². The molecule has 0 fully saturated rings. The molecule has 1 amide bonds. The zero-order valence-corrected chi connectivity index (χ0v) is 10.7. The van der Waals surface area contributed by atoms with Gasteiger partial charge in [-0.1, -0.05) is 0 Å². The summed E-state index contributed by atoms with van der Waals surface area (Å²) in [5.41, 5.74) is 5.11. The number of nitrogens with two attached hydrogens (primary N) is 1. The molecule has 0 radical (unpaired) electrons. The van der Waals surface area contributed by atoms with Crippen LogP contribution in [0.2, 0.25) is 0 Å². The third-order valence-electron chi connectivity index (χ3n) is 1.99. The zero-order chi connectivity index (χ0) is 13.5. The van der Waals surface area contributed by atoms with Gasteiger partial charge in [0, 0.05) is 19.5 Å². The highest BCUT2D eigenvalue weighted by Crippen LogP contribution is 2.12. The van der Waals surface area contributed by atoms with Gasteiger partial charge in [-0.15, -0.1) is 0 Å². The van der Waals surface area contributed by atoms with Crippen LogP contribution >= 0.6 is 0 Å². The average molecular weight is 254 g/mol. The van der Waals surface area contributed by atoms with Gasteiger partial charge in [0.2, 0.25) is 17.8 Å². The van der Waals surface area contributed by atoms with E-state index in [4.69, 9.17) is 10.5 Å². The summed E-state index contributed by atoms with van der Waals surface area (Å²) >= 11 is 0. The van der Waals surface area contributed by atoms with Crippen molar-refractivity contribution in [3.8, 4) is 6.01 Å². The SMILES string of the molecule is CCOc1nc(NC)nc(NC(C)CC(N)=O)n1. The third-order valence-corrected chi connectivity index (χ3v) is 1.99. The highest BCUT2D eigenvalue weighted by Gasteiger charge is 2.10. The standard InChI is InChI=1S/C10H18N6O2/c1-4-18-10-15-8(12-3)14-9(16-10)13-6(2)5-7(11)17/h6H,4-5H2,1-3H3,(H2,11,17)(H2,12,13,14,15,16). The molecule has 100 valence electrons. The Morgan fingerprint density at radius 3 is 2.61 bits per heavy atom. The van der Waals surface area contributed by atoms with E-state index in [1.165, 1.54) is 0 Å². The summed E-state index contributed by atoms with van der Waals surface area (Å²) in [5.74, 6) is 0.344. The second-order valence-corrected chi connectivity index (χ2v) is 3.66. The Hall–Kier alpha value is -2.12. The maximum absolute atomic E-state index is 10.8. The summed E-state index contributed by atoms with van der Waals surface area (Å²) in [4.78, 5) is 23.0. The van der Waals surface area contributed by atoms with Gasteiger partial charge in [0.25, 0.3) is 0 Å². The van der Waals surface area contributed by atoms with E-state index in [0.717, 1.165) is 0 Å². The summed E-state index contributed by atoms with van der Waals surface area (Å²) in [7, 11) is 1.70. The molecule has 0 spiro atoms. The lowest BCUT2D eigenvalue weighted by Crippen LogP contribution is -2.25. The molecule has 0 saturated carbocycles. The number of nitrogens with zero attached hydrogens (tertiary/aromatic N) is 3. The quantitative estimate of drug-likeness (QED) is 0.626. The van der Waals surface area contributed by atoms with Crippen LogP contribution in [0.25, 0.3) is 0 Å². The number of carbonyl (C=O) groups is 1. The minimum Gasteiger partial charge on any atom is -0.464 e. The van der Waals surface area contributed by atoms with Gasteiger partial charge < -0.3 is 21.1 Å². The van der Waals surface area contributed by atoms with E-state index in [-0.39, 0.29) is 24.4 Å². The van der Waals surface area contributed by atoms with Gasteiger partial charge >= 0.3 is 6.01 Å². The lowest BCUT2D eigenvalue weighted by molar-refractivity contribution is -0.118. The summed E-state index contributed by atoms with van der Waals surface area (Å²) in [6.45, 7) is 4.11. The Labute approximate surface area is 105 Å². The van der Waals surface area contributed by atoms with Crippen LogP contribution in [0.1, 0.15) is 20.3 Å². The van der Waals surface area contributed by atoms with Crippen molar-refractivity contribution < 1.29 is 9.53 Å². The molecule has 8 heteroatoms. The fraction of sp³-hybridized carbons (Fsp3) is 0.600. The third kappa shape index (κ3) is 4.40. The molecule has 1 rings (SSSR count). The molecule has 1 heterocycles. The summed E-state index contributed by atoms with van der Waals surface area (Å²) in [6, 6.07) is 0.0645. The number of hydrogen-bond donors (Lipinski definition) is 3. The van der Waals surface area contributed by atoms with Gasteiger partial charge in [0.15, 0.2) is 0 Å². The Balaban J connectivity index is 2.80. The second-order valence-electron chi connectivity index (χ2n) is 3.66. The first-order valence-electron chi connectivity index (χ1n) is 5.66. The van der Waals surface area contributed by atoms with Crippen molar-refractivity contribution in [1.29, 1.82) is 0 Å². The van der Waals surface area contributed by atoms with Crippen molar-refractivity contribution in [2.75, 3.05) is 24.3 Å². The normalized spacial score (nSPS) is 11.7. The Morgan fingerprint density at radius 2 is 2.06 bits per heavy atom. The van der Waals surface area contributed by atoms with E-state index >= 15 is 0 Å². The topological polar surface area (TPSA) is 115 Å². The number of primary amides is 1. The first-order chi connectivity index (χ1) is 8.55. The summed E-state index contributed by atoms with van der Waals surface area (Å²) < 4.78 is 5.22. The molecule has 1 aromatic heterocycles. The fourth-order valence-corrected chi connectivity index (χ4v) is 1.30. The lowest BCUT2D eigenvalue weighted by Gasteiger charge is -2.13. The number of aromatic nitrogens is 3. The molecule has 18 heavy (non-hydrogen) atoms. The first-order valence-corrected chi connectivity index (χ1v) is 5.66. The molecular weight excluding hydrogens is 236 g/mol. The zero-order valence-electron chi connectivity index (χ0n) is 10.7. The van der Waals surface area contributed by atoms with Crippen molar-refractivity contribution >= 4 is 17.8 Å². The van der Waals surface area contributed by atoms with Crippen LogP contribution in [0.5, 0.6) is 6.01 Å². The minimum absolute atomic E-state index is 0.163. The number of carbonyl (C=O) groups excluding carboxylic acids is 1. The van der Waals surface area contributed by atoms with E-state index in [1.54, 1.807) is 7.05 Å². The average Bonchev–Trinajstić information content (AvgIpc) is 2.27. The lowest BCUT2D eigenvalue weighted by atomic mass is 10.2. The Kier molecular flexibility index (Phi) is 5.09. The fourth-order valence-electron chi connectivity index (χ4n) is 1.30. The van der Waals surface area contributed by atoms with E-state index < -0.39 is 0 Å². The van der Waals surface area contributed by atoms with Crippen LogP contribution in [0.15, 0.2) is 0 Å². The van der Waals surface area contributed by atoms with Gasteiger partial charge in [-0.25, -0.2) is 0 Å². The van der Waals surface area contributed by atoms with E-state index in [1.807, 2.05) is 13.8 Å². The van der Waals surface area contributed by atoms with Crippen molar-refractivity contribution in [2.24, 2.45) is 5.73 Å². The van der Waals surface area contributed by atoms with Crippen LogP contribution < -0.4 is 21.1 Å². The number of nitrogens with one attached hydrogen (secondary N) is 2. The number of hydrogen-bond acceptors (Lipinski definition) is 7. The minimum atomic E-state index is -0.386. The molecule has 0 aliphatic carbocycles. The summed E-state index contributed by atoms with van der Waals surface area (Å²) in [5, 5.41) is 5.77. The Morgan fingerprint density at radius 1 is 1.39 bits per heavy atom. The number of anilines is 2. The van der Waals surface area contributed by atoms with Gasteiger partial charge in [-0.3, -0.25) is 4.79 Å². The predicted molar refractivity (Wildman–Crippen MR) is 67.4 cm³/mol. The Bertz CT molecular complexity index is 411. The highest BCUT2D eigenvalue weighted by atomic mass is 16.5. The molecular formula is C10H18N6O2. The smallest absolute Gasteiger partial charge is 0.323 e. The monoisotopic (exact) mass is 254 g/mol. The van der Waals surface area contributed by atoms with E-state index in [0.29, 0.717) is 18.5 Å². The molecule has 0 aliphatic heterocycles. The number of ether oxygens (including phenoxy) is 1. The van der Waals surface area contributed by atoms with Crippen molar-refractivity contribution in [2.45, 2.75) is 26.3 Å². The largest absolute Gasteiger partial charge is 0.464 e. The van der Waals surface area contributed by atoms with E-state index in [9.17, 15) is 4.79 Å². The van der Waals surface area contributed by atoms with Crippen LogP contribution in [-0.2, 0) is 4.79 Å². The van der Waals surface area contributed by atoms with Gasteiger partial charge in [0.05, 0.1) is 6.61 Å². The molecule has 8 nitrogen and oxygen atoms in total. The predicted octanol–water partition coefficient (Wildman–Crippen LogP) is -0.0122. The number of amides is 1. The second kappa shape index (κ2) is 6.58. The molecule has 1 aromatic rings. The van der Waals surface area contributed by atoms with Crippen LogP contribution in [0.4, 0.5) is 11.9 Å².